The Morgan fingerprint density at radius 2 is 2.19 bits per heavy atom. The van der Waals surface area contributed by atoms with E-state index in [1.807, 2.05) is 29.6 Å². The van der Waals surface area contributed by atoms with E-state index in [9.17, 15) is 0 Å². The van der Waals surface area contributed by atoms with Crippen molar-refractivity contribution in [1.82, 2.24) is 9.99 Å². The lowest BCUT2D eigenvalue weighted by atomic mass is 10.3. The van der Waals surface area contributed by atoms with Gasteiger partial charge in [0.15, 0.2) is 0 Å². The van der Waals surface area contributed by atoms with Crippen molar-refractivity contribution >= 4 is 49.5 Å². The topological polar surface area (TPSA) is 67.0 Å². The number of thiazole rings is 1. The van der Waals surface area contributed by atoms with Crippen LogP contribution in [0, 0.1) is 0 Å². The fraction of sp³-hybridized carbons (Fsp3) is 0.333. The quantitative estimate of drug-likeness (QED) is 0.536. The molecule has 1 aromatic carbocycles. The molecule has 2 aromatic heterocycles. The van der Waals surface area contributed by atoms with Crippen LogP contribution in [0.4, 0.5) is 10.8 Å². The zero-order valence-electron chi connectivity index (χ0n) is 14.6. The molecule has 26 heavy (non-hydrogen) atoms. The van der Waals surface area contributed by atoms with Crippen LogP contribution in [0.3, 0.4) is 0 Å². The molecule has 1 saturated heterocycles. The minimum Gasteiger partial charge on any atom is -0.383 e. The molecule has 0 spiro atoms. The van der Waals surface area contributed by atoms with E-state index in [0.717, 1.165) is 58.8 Å². The SMILES string of the molecule is CCN(c1nc2ccc(N=C(N)c3cccs3)cc2s1)N1CCOCC1. The smallest absolute Gasteiger partial charge is 0.201 e. The molecule has 0 bridgehead atoms. The third-order valence-corrected chi connectivity index (χ3v) is 6.16. The highest BCUT2D eigenvalue weighted by molar-refractivity contribution is 7.22. The number of aliphatic imine (C=N–C) groups is 1. The molecule has 6 nitrogen and oxygen atoms in total. The Bertz CT molecular complexity index is 900. The second kappa shape index (κ2) is 7.71. The summed E-state index contributed by atoms with van der Waals surface area (Å²) in [6.07, 6.45) is 0. The molecule has 3 heterocycles. The molecule has 1 aliphatic heterocycles. The van der Waals surface area contributed by atoms with Crippen LogP contribution in [0.2, 0.25) is 0 Å². The molecule has 4 rings (SSSR count). The lowest BCUT2D eigenvalue weighted by Crippen LogP contribution is -2.48. The van der Waals surface area contributed by atoms with Crippen LogP contribution in [-0.4, -0.2) is 48.7 Å². The molecular formula is C18H21N5OS2. The van der Waals surface area contributed by atoms with Crippen molar-refractivity contribution in [1.29, 1.82) is 0 Å². The zero-order valence-corrected chi connectivity index (χ0v) is 16.2. The van der Waals surface area contributed by atoms with E-state index in [4.69, 9.17) is 15.5 Å². The van der Waals surface area contributed by atoms with Crippen molar-refractivity contribution in [3.63, 3.8) is 0 Å². The van der Waals surface area contributed by atoms with Crippen LogP contribution in [0.1, 0.15) is 11.8 Å². The number of ether oxygens (including phenoxy) is 1. The second-order valence-corrected chi connectivity index (χ2v) is 7.86. The third kappa shape index (κ3) is 3.59. The summed E-state index contributed by atoms with van der Waals surface area (Å²) < 4.78 is 6.58. The standard InChI is InChI=1S/C18H21N5OS2/c1-2-23(22-7-9-24-10-8-22)18-21-14-6-5-13(12-16(14)26-18)20-17(19)15-4-3-11-25-15/h3-6,11-12H,2,7-10H2,1H3,(H2,19,20). The highest BCUT2D eigenvalue weighted by Gasteiger charge is 2.20. The Morgan fingerprint density at radius 1 is 1.35 bits per heavy atom. The van der Waals surface area contributed by atoms with Crippen molar-refractivity contribution < 1.29 is 4.74 Å². The Labute approximate surface area is 160 Å². The molecule has 1 aliphatic rings. The van der Waals surface area contributed by atoms with Gasteiger partial charge in [0.05, 0.1) is 34.0 Å². The largest absolute Gasteiger partial charge is 0.383 e. The molecular weight excluding hydrogens is 366 g/mol. The fourth-order valence-corrected chi connectivity index (χ4v) is 4.67. The summed E-state index contributed by atoms with van der Waals surface area (Å²) in [6, 6.07) is 10.0. The average molecular weight is 388 g/mol. The van der Waals surface area contributed by atoms with E-state index in [-0.39, 0.29) is 0 Å². The minimum absolute atomic E-state index is 0.549. The van der Waals surface area contributed by atoms with Crippen LogP contribution in [0.15, 0.2) is 40.7 Å². The number of amidine groups is 1. The van der Waals surface area contributed by atoms with Gasteiger partial charge in [-0.1, -0.05) is 17.4 Å². The lowest BCUT2D eigenvalue weighted by Gasteiger charge is -2.36. The number of aromatic nitrogens is 1. The van der Waals surface area contributed by atoms with E-state index in [2.05, 4.69) is 28.0 Å². The highest BCUT2D eigenvalue weighted by atomic mass is 32.1. The van der Waals surface area contributed by atoms with Crippen LogP contribution in [0.5, 0.6) is 0 Å². The number of hydrogen-bond acceptors (Lipinski definition) is 7. The van der Waals surface area contributed by atoms with E-state index in [0.29, 0.717) is 5.84 Å². The molecule has 0 aliphatic carbocycles. The number of hydrogen-bond donors (Lipinski definition) is 1. The van der Waals surface area contributed by atoms with Crippen molar-refractivity contribution in [2.24, 2.45) is 10.7 Å². The number of benzene rings is 1. The number of hydrazine groups is 1. The van der Waals surface area contributed by atoms with E-state index < -0.39 is 0 Å². The van der Waals surface area contributed by atoms with Crippen molar-refractivity contribution in [3.8, 4) is 0 Å². The molecule has 0 unspecified atom stereocenters. The molecule has 136 valence electrons. The van der Waals surface area contributed by atoms with E-state index >= 15 is 0 Å². The van der Waals surface area contributed by atoms with Crippen molar-refractivity contribution in [3.05, 3.63) is 40.6 Å². The predicted octanol–water partition coefficient (Wildman–Crippen LogP) is 3.47. The van der Waals surface area contributed by atoms with Gasteiger partial charge in [0.25, 0.3) is 0 Å². The zero-order chi connectivity index (χ0) is 17.9. The number of fused-ring (bicyclic) bond motifs is 1. The predicted molar refractivity (Wildman–Crippen MR) is 110 cm³/mol. The van der Waals surface area contributed by atoms with Crippen LogP contribution in [-0.2, 0) is 4.74 Å². The fourth-order valence-electron chi connectivity index (χ4n) is 2.95. The number of anilines is 1. The highest BCUT2D eigenvalue weighted by Crippen LogP contribution is 2.32. The maximum absolute atomic E-state index is 6.11. The second-order valence-electron chi connectivity index (χ2n) is 5.90. The van der Waals surface area contributed by atoms with Gasteiger partial charge in [-0.25, -0.2) is 15.0 Å². The Morgan fingerprint density at radius 3 is 2.92 bits per heavy atom. The Kier molecular flexibility index (Phi) is 5.16. The third-order valence-electron chi connectivity index (χ3n) is 4.23. The average Bonchev–Trinajstić information content (AvgIpc) is 3.33. The molecule has 3 aromatic rings. The minimum atomic E-state index is 0.549. The first-order valence-corrected chi connectivity index (χ1v) is 10.3. The maximum Gasteiger partial charge on any atom is 0.201 e. The Hall–Kier alpha value is -2.00. The monoisotopic (exact) mass is 387 g/mol. The van der Waals surface area contributed by atoms with Gasteiger partial charge in [0.1, 0.15) is 5.84 Å². The molecule has 0 saturated carbocycles. The first kappa shape index (κ1) is 17.4. The summed E-state index contributed by atoms with van der Waals surface area (Å²) in [6.45, 7) is 6.37. The molecule has 2 N–H and O–H groups in total. The molecule has 0 radical (unpaired) electrons. The first-order valence-electron chi connectivity index (χ1n) is 8.63. The Balaban J connectivity index is 1.62. The number of nitrogens with two attached hydrogens (primary N) is 1. The van der Waals surface area contributed by atoms with Crippen molar-refractivity contribution in [2.45, 2.75) is 6.92 Å². The summed E-state index contributed by atoms with van der Waals surface area (Å²) in [7, 11) is 0. The van der Waals surface area contributed by atoms with E-state index in [1.165, 1.54) is 0 Å². The summed E-state index contributed by atoms with van der Waals surface area (Å²) >= 11 is 3.28. The molecule has 8 heteroatoms. The first-order chi connectivity index (χ1) is 12.7. The summed E-state index contributed by atoms with van der Waals surface area (Å²) in [4.78, 5) is 10.4. The lowest BCUT2D eigenvalue weighted by molar-refractivity contribution is 0.0322. The van der Waals surface area contributed by atoms with Crippen LogP contribution in [0.25, 0.3) is 10.2 Å². The summed E-state index contributed by atoms with van der Waals surface area (Å²) in [5.74, 6) is 0.549. The molecule has 1 fully saturated rings. The molecule has 0 amide bonds. The van der Waals surface area contributed by atoms with Gasteiger partial charge in [-0.15, -0.1) is 11.3 Å². The number of morpholine rings is 1. The summed E-state index contributed by atoms with van der Waals surface area (Å²) in [5.41, 5.74) is 7.96. The van der Waals surface area contributed by atoms with Gasteiger partial charge >= 0.3 is 0 Å². The maximum atomic E-state index is 6.11. The van der Waals surface area contributed by atoms with Gasteiger partial charge in [-0.3, -0.25) is 5.01 Å². The number of nitrogens with zero attached hydrogens (tertiary/aromatic N) is 4. The number of thiophene rings is 1. The van der Waals surface area contributed by atoms with Gasteiger partial charge < -0.3 is 10.5 Å². The van der Waals surface area contributed by atoms with Gasteiger partial charge in [0.2, 0.25) is 5.13 Å². The van der Waals surface area contributed by atoms with Crippen LogP contribution >= 0.6 is 22.7 Å². The normalized spacial score (nSPS) is 16.3. The molecule has 0 atom stereocenters. The van der Waals surface area contributed by atoms with Gasteiger partial charge in [-0.2, -0.15) is 0 Å². The van der Waals surface area contributed by atoms with Gasteiger partial charge in [0, 0.05) is 19.6 Å². The van der Waals surface area contributed by atoms with E-state index in [1.54, 1.807) is 22.7 Å². The van der Waals surface area contributed by atoms with Gasteiger partial charge in [-0.05, 0) is 36.6 Å². The summed E-state index contributed by atoms with van der Waals surface area (Å²) in [5, 5.41) is 7.57. The number of rotatable bonds is 5. The van der Waals surface area contributed by atoms with Crippen molar-refractivity contribution in [2.75, 3.05) is 37.9 Å². The van der Waals surface area contributed by atoms with Crippen LogP contribution < -0.4 is 10.7 Å².